The molecule has 0 aliphatic carbocycles. The van der Waals surface area contributed by atoms with Crippen molar-refractivity contribution < 1.29 is 9.90 Å². The fourth-order valence-electron chi connectivity index (χ4n) is 2.68. The standard InChI is InChI=1S/C21H19ClN2O2/c1-15-12-13-18(14-19(15)22)23-24-20(25)21(26,16-8-4-2-5-9-16)17-10-6-3-7-11-17/h2-14,23,26H,1H3,(H,24,25). The lowest BCUT2D eigenvalue weighted by Crippen LogP contribution is -2.47. The topological polar surface area (TPSA) is 61.4 Å². The molecule has 4 nitrogen and oxygen atoms in total. The second kappa shape index (κ2) is 7.60. The summed E-state index contributed by atoms with van der Waals surface area (Å²) in [6, 6.07) is 23.0. The molecule has 5 heteroatoms. The van der Waals surface area contributed by atoms with Crippen LogP contribution in [0.15, 0.2) is 78.9 Å². The Balaban J connectivity index is 1.89. The lowest BCUT2D eigenvalue weighted by Gasteiger charge is -2.28. The van der Waals surface area contributed by atoms with Gasteiger partial charge in [-0.05, 0) is 35.7 Å². The summed E-state index contributed by atoms with van der Waals surface area (Å²) in [6.07, 6.45) is 0. The van der Waals surface area contributed by atoms with Gasteiger partial charge in [-0.15, -0.1) is 0 Å². The number of halogens is 1. The fourth-order valence-corrected chi connectivity index (χ4v) is 2.86. The third kappa shape index (κ3) is 3.57. The summed E-state index contributed by atoms with van der Waals surface area (Å²) in [5.74, 6) is -0.591. The number of carbonyl (C=O) groups is 1. The molecule has 3 aromatic rings. The molecular weight excluding hydrogens is 348 g/mol. The van der Waals surface area contributed by atoms with Gasteiger partial charge in [-0.2, -0.15) is 0 Å². The highest BCUT2D eigenvalue weighted by Gasteiger charge is 2.39. The molecule has 0 aliphatic rings. The number of nitrogens with one attached hydrogen (secondary N) is 2. The lowest BCUT2D eigenvalue weighted by atomic mass is 9.85. The van der Waals surface area contributed by atoms with Crippen LogP contribution < -0.4 is 10.9 Å². The molecule has 0 heterocycles. The Kier molecular flexibility index (Phi) is 5.26. The summed E-state index contributed by atoms with van der Waals surface area (Å²) in [5, 5.41) is 11.9. The smallest absolute Gasteiger partial charge is 0.279 e. The molecule has 1 amide bonds. The van der Waals surface area contributed by atoms with Crippen LogP contribution in [0.5, 0.6) is 0 Å². The molecule has 0 aliphatic heterocycles. The first-order chi connectivity index (χ1) is 12.5. The Morgan fingerprint density at radius 3 is 1.96 bits per heavy atom. The molecule has 0 saturated heterocycles. The predicted molar refractivity (Wildman–Crippen MR) is 104 cm³/mol. The molecule has 0 bridgehead atoms. The molecule has 0 radical (unpaired) electrons. The highest BCUT2D eigenvalue weighted by atomic mass is 35.5. The number of carbonyl (C=O) groups excluding carboxylic acids is 1. The lowest BCUT2D eigenvalue weighted by molar-refractivity contribution is -0.136. The van der Waals surface area contributed by atoms with E-state index < -0.39 is 11.5 Å². The molecule has 3 aromatic carbocycles. The number of benzene rings is 3. The Hall–Kier alpha value is -2.82. The summed E-state index contributed by atoms with van der Waals surface area (Å²) < 4.78 is 0. The molecule has 0 atom stereocenters. The van der Waals surface area contributed by atoms with Gasteiger partial charge in [0.1, 0.15) is 0 Å². The molecule has 3 N–H and O–H groups in total. The van der Waals surface area contributed by atoms with Crippen molar-refractivity contribution in [3.8, 4) is 0 Å². The molecular formula is C21H19ClN2O2. The number of rotatable bonds is 5. The van der Waals surface area contributed by atoms with E-state index in [0.717, 1.165) is 5.56 Å². The first-order valence-electron chi connectivity index (χ1n) is 8.18. The monoisotopic (exact) mass is 366 g/mol. The van der Waals surface area contributed by atoms with Crippen LogP contribution in [0.25, 0.3) is 0 Å². The van der Waals surface area contributed by atoms with E-state index in [9.17, 15) is 9.90 Å². The Morgan fingerprint density at radius 2 is 1.46 bits per heavy atom. The average Bonchev–Trinajstić information content (AvgIpc) is 2.69. The SMILES string of the molecule is Cc1ccc(NNC(=O)C(O)(c2ccccc2)c2ccccc2)cc1Cl. The Bertz CT molecular complexity index is 859. The van der Waals surface area contributed by atoms with Crippen LogP contribution in [-0.4, -0.2) is 11.0 Å². The molecule has 132 valence electrons. The van der Waals surface area contributed by atoms with Crippen LogP contribution >= 0.6 is 11.6 Å². The van der Waals surface area contributed by atoms with Crippen molar-refractivity contribution in [3.05, 3.63) is 101 Å². The normalized spacial score (nSPS) is 11.0. The molecule has 0 saturated carbocycles. The van der Waals surface area contributed by atoms with Crippen molar-refractivity contribution >= 4 is 23.2 Å². The van der Waals surface area contributed by atoms with Crippen LogP contribution in [0.4, 0.5) is 5.69 Å². The summed E-state index contributed by atoms with van der Waals surface area (Å²) in [5.41, 5.74) is 6.09. The minimum absolute atomic E-state index is 0.479. The van der Waals surface area contributed by atoms with Crippen molar-refractivity contribution in [1.29, 1.82) is 0 Å². The summed E-state index contributed by atoms with van der Waals surface area (Å²) in [4.78, 5) is 12.9. The average molecular weight is 367 g/mol. The Morgan fingerprint density at radius 1 is 0.923 bits per heavy atom. The van der Waals surface area contributed by atoms with E-state index in [2.05, 4.69) is 10.9 Å². The van der Waals surface area contributed by atoms with Crippen molar-refractivity contribution in [3.63, 3.8) is 0 Å². The van der Waals surface area contributed by atoms with E-state index in [1.54, 1.807) is 60.7 Å². The third-order valence-corrected chi connectivity index (χ3v) is 4.61. The molecule has 3 rings (SSSR count). The third-order valence-electron chi connectivity index (χ3n) is 4.20. The van der Waals surface area contributed by atoms with Crippen LogP contribution in [0, 0.1) is 6.92 Å². The van der Waals surface area contributed by atoms with Gasteiger partial charge in [0.2, 0.25) is 0 Å². The van der Waals surface area contributed by atoms with Crippen LogP contribution in [-0.2, 0) is 10.4 Å². The van der Waals surface area contributed by atoms with Crippen molar-refractivity contribution in [2.75, 3.05) is 5.43 Å². The fraction of sp³-hybridized carbons (Fsp3) is 0.0952. The zero-order valence-corrected chi connectivity index (χ0v) is 15.0. The van der Waals surface area contributed by atoms with Crippen LogP contribution in [0.1, 0.15) is 16.7 Å². The molecule has 0 spiro atoms. The maximum atomic E-state index is 12.9. The predicted octanol–water partition coefficient (Wildman–Crippen LogP) is 4.03. The van der Waals surface area contributed by atoms with E-state index in [1.165, 1.54) is 0 Å². The quantitative estimate of drug-likeness (QED) is 0.597. The van der Waals surface area contributed by atoms with Crippen molar-refractivity contribution in [1.82, 2.24) is 5.43 Å². The van der Waals surface area contributed by atoms with E-state index in [4.69, 9.17) is 11.6 Å². The summed E-state index contributed by atoms with van der Waals surface area (Å²) in [6.45, 7) is 1.90. The maximum absolute atomic E-state index is 12.9. The number of hydrogen-bond acceptors (Lipinski definition) is 3. The van der Waals surface area contributed by atoms with Gasteiger partial charge in [0.25, 0.3) is 5.91 Å². The number of aryl methyl sites for hydroxylation is 1. The number of hydrogen-bond donors (Lipinski definition) is 3. The van der Waals surface area contributed by atoms with Crippen LogP contribution in [0.3, 0.4) is 0 Å². The van der Waals surface area contributed by atoms with Gasteiger partial charge in [0.05, 0.1) is 5.69 Å². The van der Waals surface area contributed by atoms with E-state index in [-0.39, 0.29) is 0 Å². The molecule has 0 unspecified atom stereocenters. The van der Waals surface area contributed by atoms with Crippen molar-refractivity contribution in [2.45, 2.75) is 12.5 Å². The second-order valence-corrected chi connectivity index (χ2v) is 6.39. The molecule has 0 fully saturated rings. The second-order valence-electron chi connectivity index (χ2n) is 5.99. The van der Waals surface area contributed by atoms with Gasteiger partial charge in [-0.3, -0.25) is 15.6 Å². The van der Waals surface area contributed by atoms with Gasteiger partial charge in [-0.25, -0.2) is 0 Å². The van der Waals surface area contributed by atoms with Crippen molar-refractivity contribution in [2.24, 2.45) is 0 Å². The van der Waals surface area contributed by atoms with Gasteiger partial charge in [-0.1, -0.05) is 78.3 Å². The van der Waals surface area contributed by atoms with Crippen LogP contribution in [0.2, 0.25) is 5.02 Å². The summed E-state index contributed by atoms with van der Waals surface area (Å²) >= 11 is 6.11. The molecule has 26 heavy (non-hydrogen) atoms. The maximum Gasteiger partial charge on any atom is 0.279 e. The zero-order valence-electron chi connectivity index (χ0n) is 14.2. The highest BCUT2D eigenvalue weighted by Crippen LogP contribution is 2.30. The zero-order chi connectivity index (χ0) is 18.6. The Labute approximate surface area is 157 Å². The highest BCUT2D eigenvalue weighted by molar-refractivity contribution is 6.31. The largest absolute Gasteiger partial charge is 0.372 e. The van der Waals surface area contributed by atoms with E-state index in [1.807, 2.05) is 25.1 Å². The minimum atomic E-state index is -1.83. The van der Waals surface area contributed by atoms with Gasteiger partial charge in [0.15, 0.2) is 5.60 Å². The van der Waals surface area contributed by atoms with E-state index >= 15 is 0 Å². The van der Waals surface area contributed by atoms with Gasteiger partial charge < -0.3 is 5.11 Å². The number of hydrazine groups is 1. The van der Waals surface area contributed by atoms with E-state index in [0.29, 0.717) is 21.8 Å². The van der Waals surface area contributed by atoms with Gasteiger partial charge >= 0.3 is 0 Å². The number of anilines is 1. The number of amides is 1. The first-order valence-corrected chi connectivity index (χ1v) is 8.55. The number of aliphatic hydroxyl groups is 1. The first kappa shape index (κ1) is 18.0. The van der Waals surface area contributed by atoms with Gasteiger partial charge in [0, 0.05) is 5.02 Å². The minimum Gasteiger partial charge on any atom is -0.372 e. The summed E-state index contributed by atoms with van der Waals surface area (Å²) in [7, 11) is 0. The molecule has 0 aromatic heterocycles.